The van der Waals surface area contributed by atoms with E-state index in [4.69, 9.17) is 0 Å². The van der Waals surface area contributed by atoms with Crippen LogP contribution in [0.3, 0.4) is 0 Å². The molecule has 2 saturated heterocycles. The molecule has 1 aromatic carbocycles. The van der Waals surface area contributed by atoms with E-state index in [0.29, 0.717) is 23.6 Å². The van der Waals surface area contributed by atoms with Crippen LogP contribution in [-0.4, -0.2) is 58.8 Å². The molecule has 2 heterocycles. The molecule has 9 heteroatoms. The number of nitrogens with zero attached hydrogens (tertiary/aromatic N) is 2. The van der Waals surface area contributed by atoms with E-state index in [1.54, 1.807) is 26.0 Å². The maximum atomic E-state index is 12.8. The fourth-order valence-electron chi connectivity index (χ4n) is 3.92. The molecule has 2 aliphatic heterocycles. The minimum Gasteiger partial charge on any atom is -0.376 e. The lowest BCUT2D eigenvalue weighted by atomic mass is 9.99. The molecule has 2 aliphatic rings. The number of imide groups is 1. The highest BCUT2D eigenvalue weighted by molar-refractivity contribution is 6.07. The van der Waals surface area contributed by atoms with Crippen LogP contribution in [-0.2, 0) is 9.59 Å². The Kier molecular flexibility index (Phi) is 6.52. The second-order valence-electron chi connectivity index (χ2n) is 8.67. The number of anilines is 1. The van der Waals surface area contributed by atoms with Gasteiger partial charge in [0.05, 0.1) is 6.54 Å². The molecule has 0 bridgehead atoms. The third kappa shape index (κ3) is 4.81. The highest BCUT2D eigenvalue weighted by Gasteiger charge is 2.47. The first-order valence-electron chi connectivity index (χ1n) is 10.7. The van der Waals surface area contributed by atoms with Crippen molar-refractivity contribution in [2.45, 2.75) is 52.5 Å². The molecule has 3 N–H and O–H groups in total. The number of nitrogens with one attached hydrogen (secondary N) is 3. The van der Waals surface area contributed by atoms with Crippen LogP contribution in [0.25, 0.3) is 0 Å². The summed E-state index contributed by atoms with van der Waals surface area (Å²) in [6.45, 7) is 8.85. The number of hydrogen-bond donors (Lipinski definition) is 3. The minimum atomic E-state index is -1.01. The molecule has 31 heavy (non-hydrogen) atoms. The number of aryl methyl sites for hydroxylation is 1. The molecule has 3 rings (SSSR count). The number of amides is 5. The van der Waals surface area contributed by atoms with E-state index in [0.717, 1.165) is 36.5 Å². The Morgan fingerprint density at radius 1 is 1.29 bits per heavy atom. The highest BCUT2D eigenvalue weighted by atomic mass is 16.2. The third-order valence-corrected chi connectivity index (χ3v) is 6.06. The molecule has 0 saturated carbocycles. The van der Waals surface area contributed by atoms with Gasteiger partial charge in [-0.1, -0.05) is 13.8 Å². The molecule has 0 aromatic heterocycles. The predicted octanol–water partition coefficient (Wildman–Crippen LogP) is 2.03. The average Bonchev–Trinajstić information content (AvgIpc) is 2.95. The minimum absolute atomic E-state index is 0.0245. The van der Waals surface area contributed by atoms with Crippen LogP contribution in [0.4, 0.5) is 10.5 Å². The molecule has 0 spiro atoms. The molecule has 1 aromatic rings. The van der Waals surface area contributed by atoms with Gasteiger partial charge in [-0.25, -0.2) is 4.79 Å². The predicted molar refractivity (Wildman–Crippen MR) is 116 cm³/mol. The van der Waals surface area contributed by atoms with Crippen molar-refractivity contribution in [1.82, 2.24) is 20.7 Å². The van der Waals surface area contributed by atoms with Gasteiger partial charge >= 0.3 is 6.03 Å². The van der Waals surface area contributed by atoms with Crippen LogP contribution < -0.4 is 16.1 Å². The molecule has 0 aliphatic carbocycles. The largest absolute Gasteiger partial charge is 0.376 e. The first-order chi connectivity index (χ1) is 14.6. The van der Waals surface area contributed by atoms with Crippen molar-refractivity contribution in [2.75, 3.05) is 25.0 Å². The van der Waals surface area contributed by atoms with Gasteiger partial charge in [-0.3, -0.25) is 19.8 Å². The zero-order valence-corrected chi connectivity index (χ0v) is 18.6. The Bertz CT molecular complexity index is 902. The van der Waals surface area contributed by atoms with E-state index < -0.39 is 23.4 Å². The fraction of sp³-hybridized carbons (Fsp3) is 0.545. The maximum absolute atomic E-state index is 12.8. The Labute approximate surface area is 182 Å². The number of hydrazine groups is 1. The Balaban J connectivity index is 1.57. The van der Waals surface area contributed by atoms with Crippen molar-refractivity contribution >= 4 is 29.4 Å². The van der Waals surface area contributed by atoms with Crippen LogP contribution in [0.2, 0.25) is 0 Å². The van der Waals surface area contributed by atoms with Gasteiger partial charge < -0.3 is 15.5 Å². The SMILES string of the molecule is CCC1(C)NC(=O)N(NC(=O)CNc2ccc(C(=O)N3CCCC(C)C3)cc2C)C1=O. The number of likely N-dealkylation sites (tertiary alicyclic amines) is 1. The first kappa shape index (κ1) is 22.6. The molecule has 2 unspecified atom stereocenters. The van der Waals surface area contributed by atoms with Crippen LogP contribution >= 0.6 is 0 Å². The normalized spacial score (nSPS) is 23.5. The summed E-state index contributed by atoms with van der Waals surface area (Å²) in [5, 5.41) is 6.30. The highest BCUT2D eigenvalue weighted by Crippen LogP contribution is 2.22. The zero-order valence-electron chi connectivity index (χ0n) is 18.6. The molecule has 5 amide bonds. The van der Waals surface area contributed by atoms with Crippen molar-refractivity contribution in [3.05, 3.63) is 29.3 Å². The summed E-state index contributed by atoms with van der Waals surface area (Å²) in [5.74, 6) is -0.473. The van der Waals surface area contributed by atoms with E-state index in [2.05, 4.69) is 23.0 Å². The van der Waals surface area contributed by atoms with Crippen molar-refractivity contribution in [3.63, 3.8) is 0 Å². The average molecular weight is 430 g/mol. The van der Waals surface area contributed by atoms with Crippen LogP contribution in [0.5, 0.6) is 0 Å². The lowest BCUT2D eigenvalue weighted by Gasteiger charge is -2.31. The van der Waals surface area contributed by atoms with Gasteiger partial charge in [-0.05, 0) is 62.8 Å². The Morgan fingerprint density at radius 2 is 2.03 bits per heavy atom. The van der Waals surface area contributed by atoms with Gasteiger partial charge in [0, 0.05) is 24.3 Å². The Hall–Kier alpha value is -3.10. The molecular weight excluding hydrogens is 398 g/mol. The van der Waals surface area contributed by atoms with E-state index in [-0.39, 0.29) is 12.5 Å². The standard InChI is InChI=1S/C22H31N5O4/c1-5-22(4)20(30)27(21(31)24-22)25-18(28)12-23-17-9-8-16(11-15(17)3)19(29)26-10-6-7-14(2)13-26/h8-9,11,14,23H,5-7,10,12-13H2,1-4H3,(H,24,31)(H,25,28). The van der Waals surface area contributed by atoms with E-state index in [9.17, 15) is 19.2 Å². The molecule has 2 atom stereocenters. The van der Waals surface area contributed by atoms with Crippen molar-refractivity contribution in [1.29, 1.82) is 0 Å². The first-order valence-corrected chi connectivity index (χ1v) is 10.7. The van der Waals surface area contributed by atoms with E-state index in [1.165, 1.54) is 0 Å². The summed E-state index contributed by atoms with van der Waals surface area (Å²) in [5.41, 5.74) is 3.49. The number of benzene rings is 1. The smallest absolute Gasteiger partial charge is 0.344 e. The van der Waals surface area contributed by atoms with Gasteiger partial charge in [-0.2, -0.15) is 5.01 Å². The monoisotopic (exact) mass is 429 g/mol. The number of hydrogen-bond acceptors (Lipinski definition) is 5. The fourth-order valence-corrected chi connectivity index (χ4v) is 3.92. The second-order valence-corrected chi connectivity index (χ2v) is 8.67. The molecule has 0 radical (unpaired) electrons. The van der Waals surface area contributed by atoms with Crippen LogP contribution in [0.15, 0.2) is 18.2 Å². The van der Waals surface area contributed by atoms with E-state index >= 15 is 0 Å². The number of piperidine rings is 1. The van der Waals surface area contributed by atoms with Gasteiger partial charge in [0.15, 0.2) is 0 Å². The van der Waals surface area contributed by atoms with Gasteiger partial charge in [-0.15, -0.1) is 0 Å². The topological polar surface area (TPSA) is 111 Å². The number of carbonyl (C=O) groups excluding carboxylic acids is 4. The quantitative estimate of drug-likeness (QED) is 0.599. The third-order valence-electron chi connectivity index (χ3n) is 6.06. The molecular formula is C22H31N5O4. The second kappa shape index (κ2) is 8.95. The van der Waals surface area contributed by atoms with Crippen molar-refractivity contribution in [3.8, 4) is 0 Å². The summed E-state index contributed by atoms with van der Waals surface area (Å²) in [6.07, 6.45) is 2.59. The molecule has 9 nitrogen and oxygen atoms in total. The number of rotatable bonds is 6. The summed E-state index contributed by atoms with van der Waals surface area (Å²) in [4.78, 5) is 51.3. The summed E-state index contributed by atoms with van der Waals surface area (Å²) >= 11 is 0. The van der Waals surface area contributed by atoms with Gasteiger partial charge in [0.25, 0.3) is 17.7 Å². The lowest BCUT2D eigenvalue weighted by Crippen LogP contribution is -2.50. The Morgan fingerprint density at radius 3 is 2.65 bits per heavy atom. The van der Waals surface area contributed by atoms with E-state index in [1.807, 2.05) is 17.9 Å². The number of carbonyl (C=O) groups is 4. The molecule has 168 valence electrons. The molecule has 2 fully saturated rings. The van der Waals surface area contributed by atoms with Crippen molar-refractivity contribution in [2.24, 2.45) is 5.92 Å². The zero-order chi connectivity index (χ0) is 22.8. The summed E-state index contributed by atoms with van der Waals surface area (Å²) in [6, 6.07) is 4.68. The van der Waals surface area contributed by atoms with Gasteiger partial charge in [0.2, 0.25) is 0 Å². The van der Waals surface area contributed by atoms with Gasteiger partial charge in [0.1, 0.15) is 5.54 Å². The van der Waals surface area contributed by atoms with Crippen LogP contribution in [0, 0.1) is 12.8 Å². The lowest BCUT2D eigenvalue weighted by molar-refractivity contribution is -0.138. The summed E-state index contributed by atoms with van der Waals surface area (Å²) < 4.78 is 0. The summed E-state index contributed by atoms with van der Waals surface area (Å²) in [7, 11) is 0. The van der Waals surface area contributed by atoms with Crippen molar-refractivity contribution < 1.29 is 19.2 Å². The maximum Gasteiger partial charge on any atom is 0.344 e. The van der Waals surface area contributed by atoms with Crippen LogP contribution in [0.1, 0.15) is 56.0 Å². The number of urea groups is 1.